The van der Waals surface area contributed by atoms with E-state index in [-0.39, 0.29) is 12.5 Å². The standard InChI is InChI=1S/C15H19N3O2S/c16-13-11-3-5-17-8-12(11)21-14(13)15(20)18-6-1-2-10(9-18)4-7-19/h3,5,8,10,19H,1-2,4,6-7,9,16H2. The number of nitrogen functional groups attached to an aromatic ring is 1. The number of pyridine rings is 1. The van der Waals surface area contributed by atoms with Gasteiger partial charge in [-0.05, 0) is 31.2 Å². The minimum absolute atomic E-state index is 0.0105. The van der Waals surface area contributed by atoms with E-state index in [9.17, 15) is 4.79 Å². The Bertz CT molecular complexity index is 653. The van der Waals surface area contributed by atoms with E-state index in [4.69, 9.17) is 10.8 Å². The molecule has 1 aliphatic heterocycles. The molecule has 2 aromatic heterocycles. The Labute approximate surface area is 127 Å². The first kappa shape index (κ1) is 14.3. The number of carbonyl (C=O) groups excluding carboxylic acids is 1. The third-order valence-electron chi connectivity index (χ3n) is 4.07. The number of anilines is 1. The summed E-state index contributed by atoms with van der Waals surface area (Å²) in [6.45, 7) is 1.67. The largest absolute Gasteiger partial charge is 0.397 e. The number of nitrogens with two attached hydrogens (primary N) is 1. The van der Waals surface area contributed by atoms with E-state index in [0.29, 0.717) is 23.0 Å². The zero-order chi connectivity index (χ0) is 14.8. The molecule has 0 saturated carbocycles. The van der Waals surface area contributed by atoms with Gasteiger partial charge in [0, 0.05) is 37.5 Å². The van der Waals surface area contributed by atoms with Crippen molar-refractivity contribution in [2.75, 3.05) is 25.4 Å². The molecule has 3 heterocycles. The Morgan fingerprint density at radius 1 is 1.57 bits per heavy atom. The lowest BCUT2D eigenvalue weighted by Crippen LogP contribution is -2.40. The fourth-order valence-corrected chi connectivity index (χ4v) is 4.00. The molecular weight excluding hydrogens is 286 g/mol. The van der Waals surface area contributed by atoms with Gasteiger partial charge in [-0.1, -0.05) is 0 Å². The van der Waals surface area contributed by atoms with Gasteiger partial charge in [-0.15, -0.1) is 11.3 Å². The normalized spacial score (nSPS) is 19.1. The number of aliphatic hydroxyl groups excluding tert-OH is 1. The highest BCUT2D eigenvalue weighted by Gasteiger charge is 2.27. The summed E-state index contributed by atoms with van der Waals surface area (Å²) in [6, 6.07) is 1.85. The van der Waals surface area contributed by atoms with Crippen LogP contribution in [0.1, 0.15) is 28.9 Å². The highest BCUT2D eigenvalue weighted by Crippen LogP contribution is 2.34. The maximum absolute atomic E-state index is 12.7. The average molecular weight is 305 g/mol. The van der Waals surface area contributed by atoms with Crippen LogP contribution in [0.15, 0.2) is 18.5 Å². The molecule has 1 amide bonds. The van der Waals surface area contributed by atoms with Gasteiger partial charge in [0.05, 0.1) is 10.4 Å². The van der Waals surface area contributed by atoms with Gasteiger partial charge in [-0.2, -0.15) is 0 Å². The number of hydrogen-bond acceptors (Lipinski definition) is 5. The first-order chi connectivity index (χ1) is 10.2. The molecule has 0 bridgehead atoms. The van der Waals surface area contributed by atoms with Crippen LogP contribution in [-0.4, -0.2) is 40.6 Å². The van der Waals surface area contributed by atoms with Gasteiger partial charge in [0.2, 0.25) is 0 Å². The fourth-order valence-electron chi connectivity index (χ4n) is 2.94. The molecule has 0 aliphatic carbocycles. The smallest absolute Gasteiger partial charge is 0.266 e. The Morgan fingerprint density at radius 3 is 3.19 bits per heavy atom. The molecule has 112 valence electrons. The molecule has 21 heavy (non-hydrogen) atoms. The lowest BCUT2D eigenvalue weighted by Gasteiger charge is -2.32. The highest BCUT2D eigenvalue weighted by atomic mass is 32.1. The second kappa shape index (κ2) is 5.99. The molecule has 1 atom stereocenters. The SMILES string of the molecule is Nc1c(C(=O)N2CCCC(CCO)C2)sc2cnccc12. The number of likely N-dealkylation sites (tertiary alicyclic amines) is 1. The van der Waals surface area contributed by atoms with Crippen molar-refractivity contribution in [1.82, 2.24) is 9.88 Å². The van der Waals surface area contributed by atoms with E-state index >= 15 is 0 Å². The molecule has 1 fully saturated rings. The maximum atomic E-state index is 12.7. The minimum atomic E-state index is 0.0105. The zero-order valence-corrected chi connectivity index (χ0v) is 12.6. The summed E-state index contributed by atoms with van der Waals surface area (Å²) < 4.78 is 0.947. The zero-order valence-electron chi connectivity index (χ0n) is 11.8. The van der Waals surface area contributed by atoms with Crippen LogP contribution in [0.3, 0.4) is 0 Å². The number of rotatable bonds is 3. The number of fused-ring (bicyclic) bond motifs is 1. The van der Waals surface area contributed by atoms with E-state index in [1.165, 1.54) is 11.3 Å². The molecule has 0 spiro atoms. The summed E-state index contributed by atoms with van der Waals surface area (Å²) in [7, 11) is 0. The van der Waals surface area contributed by atoms with Crippen LogP contribution < -0.4 is 5.73 Å². The second-order valence-corrected chi connectivity index (χ2v) is 6.54. The molecular formula is C15H19N3O2S. The Balaban J connectivity index is 1.84. The quantitative estimate of drug-likeness (QED) is 0.910. The molecule has 3 rings (SSSR count). The van der Waals surface area contributed by atoms with Crippen molar-refractivity contribution in [3.8, 4) is 0 Å². The average Bonchev–Trinajstić information content (AvgIpc) is 2.85. The van der Waals surface area contributed by atoms with Crippen LogP contribution in [0.2, 0.25) is 0 Å². The Morgan fingerprint density at radius 2 is 2.43 bits per heavy atom. The molecule has 5 nitrogen and oxygen atoms in total. The number of thiophene rings is 1. The summed E-state index contributed by atoms with van der Waals surface area (Å²) in [6.07, 6.45) is 6.27. The number of aliphatic hydroxyl groups is 1. The van der Waals surface area contributed by atoms with Gasteiger partial charge >= 0.3 is 0 Å². The molecule has 0 radical (unpaired) electrons. The molecule has 6 heteroatoms. The van der Waals surface area contributed by atoms with Gasteiger partial charge in [0.15, 0.2) is 0 Å². The number of amides is 1. The first-order valence-corrected chi connectivity index (χ1v) is 8.04. The van der Waals surface area contributed by atoms with Crippen molar-refractivity contribution in [2.45, 2.75) is 19.3 Å². The summed E-state index contributed by atoms with van der Waals surface area (Å²) in [5.74, 6) is 0.404. The fraction of sp³-hybridized carbons (Fsp3) is 0.467. The number of aromatic nitrogens is 1. The van der Waals surface area contributed by atoms with Gasteiger partial charge in [-0.25, -0.2) is 0 Å². The van der Waals surface area contributed by atoms with E-state index in [0.717, 1.165) is 35.9 Å². The Kier molecular flexibility index (Phi) is 4.07. The topological polar surface area (TPSA) is 79.5 Å². The molecule has 1 aliphatic rings. The molecule has 1 saturated heterocycles. The number of carbonyl (C=O) groups is 1. The van der Waals surface area contributed by atoms with Crippen LogP contribution in [0.5, 0.6) is 0 Å². The van der Waals surface area contributed by atoms with Crippen LogP contribution in [0.25, 0.3) is 10.1 Å². The van der Waals surface area contributed by atoms with E-state index in [1.807, 2.05) is 11.0 Å². The first-order valence-electron chi connectivity index (χ1n) is 7.23. The third kappa shape index (κ3) is 2.73. The lowest BCUT2D eigenvalue weighted by atomic mass is 9.95. The van der Waals surface area contributed by atoms with Crippen molar-refractivity contribution < 1.29 is 9.90 Å². The van der Waals surface area contributed by atoms with Gasteiger partial charge < -0.3 is 15.7 Å². The monoisotopic (exact) mass is 305 g/mol. The van der Waals surface area contributed by atoms with Crippen LogP contribution in [-0.2, 0) is 0 Å². The maximum Gasteiger partial charge on any atom is 0.266 e. The van der Waals surface area contributed by atoms with Crippen molar-refractivity contribution in [3.05, 3.63) is 23.3 Å². The molecule has 0 aromatic carbocycles. The van der Waals surface area contributed by atoms with Crippen LogP contribution >= 0.6 is 11.3 Å². The summed E-state index contributed by atoms with van der Waals surface area (Å²) in [4.78, 5) is 19.3. The van der Waals surface area contributed by atoms with Crippen molar-refractivity contribution in [3.63, 3.8) is 0 Å². The second-order valence-electron chi connectivity index (χ2n) is 5.49. The van der Waals surface area contributed by atoms with Crippen molar-refractivity contribution >= 4 is 33.0 Å². The van der Waals surface area contributed by atoms with Crippen molar-refractivity contribution in [2.24, 2.45) is 5.92 Å². The van der Waals surface area contributed by atoms with E-state index < -0.39 is 0 Å². The van der Waals surface area contributed by atoms with Crippen molar-refractivity contribution in [1.29, 1.82) is 0 Å². The van der Waals surface area contributed by atoms with E-state index in [2.05, 4.69) is 4.98 Å². The summed E-state index contributed by atoms with van der Waals surface area (Å²) in [5.41, 5.74) is 6.70. The highest BCUT2D eigenvalue weighted by molar-refractivity contribution is 7.21. The van der Waals surface area contributed by atoms with Gasteiger partial charge in [-0.3, -0.25) is 9.78 Å². The van der Waals surface area contributed by atoms with E-state index in [1.54, 1.807) is 12.4 Å². The molecule has 3 N–H and O–H groups in total. The number of nitrogens with zero attached hydrogens (tertiary/aromatic N) is 2. The number of piperidine rings is 1. The Hall–Kier alpha value is -1.66. The summed E-state index contributed by atoms with van der Waals surface area (Å²) >= 11 is 1.41. The number of hydrogen-bond donors (Lipinski definition) is 2. The van der Waals surface area contributed by atoms with Crippen LogP contribution in [0, 0.1) is 5.92 Å². The van der Waals surface area contributed by atoms with Gasteiger partial charge in [0.25, 0.3) is 5.91 Å². The molecule has 2 aromatic rings. The lowest BCUT2D eigenvalue weighted by molar-refractivity contribution is 0.0659. The summed E-state index contributed by atoms with van der Waals surface area (Å²) in [5, 5.41) is 9.98. The van der Waals surface area contributed by atoms with Gasteiger partial charge in [0.1, 0.15) is 4.88 Å². The minimum Gasteiger partial charge on any atom is -0.397 e. The molecule has 1 unspecified atom stereocenters. The predicted octanol–water partition coefficient (Wildman–Crippen LogP) is 2.11. The third-order valence-corrected chi connectivity index (χ3v) is 5.21. The predicted molar refractivity (Wildman–Crippen MR) is 84.4 cm³/mol. The van der Waals surface area contributed by atoms with Crippen LogP contribution in [0.4, 0.5) is 5.69 Å².